The number of esters is 1. The number of benzene rings is 2. The third kappa shape index (κ3) is 8.57. The summed E-state index contributed by atoms with van der Waals surface area (Å²) in [6.45, 7) is 3.35. The van der Waals surface area contributed by atoms with Crippen LogP contribution in [-0.4, -0.2) is 60.8 Å². The van der Waals surface area contributed by atoms with Gasteiger partial charge in [-0.3, -0.25) is 19.8 Å². The Morgan fingerprint density at radius 1 is 1.16 bits per heavy atom. The molecule has 0 spiro atoms. The second-order valence-corrected chi connectivity index (χ2v) is 9.97. The first-order valence-corrected chi connectivity index (χ1v) is 13.5. The average molecular weight is 541 g/mol. The SMILES string of the molecule is CCOC(=O)C1CCN(C(=O)[C@H](Cc2cccc(C(=N)N)c2)NSc2cccc(NC(=O)CCN)c2)CC1. The summed E-state index contributed by atoms with van der Waals surface area (Å²) in [7, 11) is 0. The van der Waals surface area contributed by atoms with Gasteiger partial charge in [-0.2, -0.15) is 0 Å². The van der Waals surface area contributed by atoms with Crippen molar-refractivity contribution in [2.24, 2.45) is 17.4 Å². The standard InChI is InChI=1S/C27H36N6O4S/c1-2-37-27(36)19-10-13-33(14-11-19)26(35)23(16-18-5-3-6-20(15-18)25(29)30)32-38-22-8-4-7-21(17-22)31-24(34)9-12-28/h3-8,15,17,19,23,32H,2,9-14,16,28H2,1H3,(H3,29,30)(H,31,34)/t23-/m0/s1. The minimum Gasteiger partial charge on any atom is -0.466 e. The summed E-state index contributed by atoms with van der Waals surface area (Å²) < 4.78 is 8.46. The van der Waals surface area contributed by atoms with E-state index in [-0.39, 0.29) is 42.5 Å². The van der Waals surface area contributed by atoms with Crippen molar-refractivity contribution in [1.29, 1.82) is 5.41 Å². The summed E-state index contributed by atoms with van der Waals surface area (Å²) in [6.07, 6.45) is 1.75. The molecule has 38 heavy (non-hydrogen) atoms. The smallest absolute Gasteiger partial charge is 0.309 e. The summed E-state index contributed by atoms with van der Waals surface area (Å²) in [5, 5.41) is 10.6. The quantitative estimate of drug-likeness (QED) is 0.118. The second-order valence-electron chi connectivity index (χ2n) is 9.06. The number of hydrogen-bond donors (Lipinski definition) is 5. The fourth-order valence-corrected chi connectivity index (χ4v) is 5.02. The molecule has 0 aromatic heterocycles. The molecule has 1 fully saturated rings. The van der Waals surface area contributed by atoms with Gasteiger partial charge in [-0.25, -0.2) is 4.72 Å². The Morgan fingerprint density at radius 2 is 1.89 bits per heavy atom. The molecule has 1 aliphatic heterocycles. The van der Waals surface area contributed by atoms with Gasteiger partial charge in [0, 0.05) is 42.2 Å². The van der Waals surface area contributed by atoms with Crippen LogP contribution in [0.5, 0.6) is 0 Å². The third-order valence-electron chi connectivity index (χ3n) is 6.21. The highest BCUT2D eigenvalue weighted by Gasteiger charge is 2.31. The molecule has 2 aromatic carbocycles. The lowest BCUT2D eigenvalue weighted by atomic mass is 9.95. The van der Waals surface area contributed by atoms with Gasteiger partial charge in [0.05, 0.1) is 12.5 Å². The molecular weight excluding hydrogens is 504 g/mol. The van der Waals surface area contributed by atoms with Gasteiger partial charge >= 0.3 is 5.97 Å². The molecule has 10 nitrogen and oxygen atoms in total. The van der Waals surface area contributed by atoms with Gasteiger partial charge in [0.15, 0.2) is 0 Å². The van der Waals surface area contributed by atoms with Crippen molar-refractivity contribution in [3.8, 4) is 0 Å². The maximum Gasteiger partial charge on any atom is 0.309 e. The summed E-state index contributed by atoms with van der Waals surface area (Å²) in [6, 6.07) is 14.1. The minimum atomic E-state index is -0.572. The van der Waals surface area contributed by atoms with Crippen LogP contribution in [0.15, 0.2) is 53.4 Å². The van der Waals surface area contributed by atoms with Crippen molar-refractivity contribution in [3.63, 3.8) is 0 Å². The molecule has 0 unspecified atom stereocenters. The molecule has 0 radical (unpaired) electrons. The lowest BCUT2D eigenvalue weighted by molar-refractivity contribution is -0.151. The Kier molecular flexibility index (Phi) is 11.1. The van der Waals surface area contributed by atoms with Crippen molar-refractivity contribution < 1.29 is 19.1 Å². The van der Waals surface area contributed by atoms with Gasteiger partial charge in [0.1, 0.15) is 11.9 Å². The number of rotatable bonds is 12. The maximum absolute atomic E-state index is 13.6. The predicted octanol–water partition coefficient (Wildman–Crippen LogP) is 2.27. The number of carbonyl (C=O) groups is 3. The number of nitrogens with two attached hydrogens (primary N) is 2. The van der Waals surface area contributed by atoms with E-state index in [1.54, 1.807) is 24.0 Å². The van der Waals surface area contributed by atoms with Crippen LogP contribution in [0.25, 0.3) is 0 Å². The largest absolute Gasteiger partial charge is 0.466 e. The summed E-state index contributed by atoms with van der Waals surface area (Å²) in [5.41, 5.74) is 13.2. The molecular formula is C27H36N6O4S. The summed E-state index contributed by atoms with van der Waals surface area (Å²) >= 11 is 1.30. The first-order chi connectivity index (χ1) is 18.3. The van der Waals surface area contributed by atoms with Crippen molar-refractivity contribution in [1.82, 2.24) is 9.62 Å². The number of amides is 2. The molecule has 3 rings (SSSR count). The lowest BCUT2D eigenvalue weighted by Crippen LogP contribution is -2.49. The minimum absolute atomic E-state index is 0.0356. The number of nitrogens with one attached hydrogen (secondary N) is 3. The average Bonchev–Trinajstić information content (AvgIpc) is 2.91. The van der Waals surface area contributed by atoms with Gasteiger partial charge in [-0.1, -0.05) is 24.3 Å². The molecule has 2 amide bonds. The number of nitrogens with zero attached hydrogens (tertiary/aromatic N) is 1. The molecule has 1 aliphatic rings. The Balaban J connectivity index is 1.72. The van der Waals surface area contributed by atoms with E-state index in [0.29, 0.717) is 50.2 Å². The van der Waals surface area contributed by atoms with Crippen LogP contribution in [-0.2, 0) is 25.5 Å². The van der Waals surface area contributed by atoms with E-state index in [9.17, 15) is 14.4 Å². The number of hydrogen-bond acceptors (Lipinski definition) is 8. The Morgan fingerprint density at radius 3 is 2.58 bits per heavy atom. The number of nitrogen functional groups attached to an aromatic ring is 1. The van der Waals surface area contributed by atoms with Crippen molar-refractivity contribution in [2.75, 3.05) is 31.6 Å². The molecule has 0 aliphatic carbocycles. The molecule has 1 atom stereocenters. The van der Waals surface area contributed by atoms with Crippen LogP contribution in [0.1, 0.15) is 37.3 Å². The molecule has 7 N–H and O–H groups in total. The van der Waals surface area contributed by atoms with E-state index in [0.717, 1.165) is 10.5 Å². The summed E-state index contributed by atoms with van der Waals surface area (Å²) in [5.74, 6) is -0.659. The predicted molar refractivity (Wildman–Crippen MR) is 149 cm³/mol. The van der Waals surface area contributed by atoms with Crippen LogP contribution in [0.2, 0.25) is 0 Å². The third-order valence-corrected chi connectivity index (χ3v) is 7.10. The first-order valence-electron chi connectivity index (χ1n) is 12.7. The van der Waals surface area contributed by atoms with E-state index >= 15 is 0 Å². The van der Waals surface area contributed by atoms with E-state index in [2.05, 4.69) is 10.0 Å². The zero-order valence-electron chi connectivity index (χ0n) is 21.6. The van der Waals surface area contributed by atoms with E-state index in [1.165, 1.54) is 11.9 Å². The van der Waals surface area contributed by atoms with Gasteiger partial charge in [0.2, 0.25) is 11.8 Å². The van der Waals surface area contributed by atoms with Crippen LogP contribution in [0.4, 0.5) is 5.69 Å². The van der Waals surface area contributed by atoms with Crippen LogP contribution >= 0.6 is 11.9 Å². The first kappa shape index (κ1) is 29.2. The number of ether oxygens (including phenoxy) is 1. The maximum atomic E-state index is 13.6. The van der Waals surface area contributed by atoms with E-state index < -0.39 is 6.04 Å². The molecule has 2 aromatic rings. The Bertz CT molecular complexity index is 1140. The topological polar surface area (TPSA) is 164 Å². The number of piperidine rings is 1. The van der Waals surface area contributed by atoms with Gasteiger partial charge in [-0.05, 0) is 68.0 Å². The second kappa shape index (κ2) is 14.5. The van der Waals surface area contributed by atoms with Crippen LogP contribution < -0.4 is 21.5 Å². The monoisotopic (exact) mass is 540 g/mol. The van der Waals surface area contributed by atoms with Gasteiger partial charge in [-0.15, -0.1) is 0 Å². The Labute approximate surface area is 227 Å². The van der Waals surface area contributed by atoms with E-state index in [1.807, 2.05) is 36.4 Å². The molecule has 0 bridgehead atoms. The van der Waals surface area contributed by atoms with Crippen molar-refractivity contribution in [2.45, 2.75) is 43.5 Å². The highest BCUT2D eigenvalue weighted by molar-refractivity contribution is 7.97. The van der Waals surface area contributed by atoms with Crippen LogP contribution in [0.3, 0.4) is 0 Å². The molecule has 0 saturated carbocycles. The number of carbonyl (C=O) groups excluding carboxylic acids is 3. The zero-order valence-corrected chi connectivity index (χ0v) is 22.4. The fraction of sp³-hybridized carbons (Fsp3) is 0.407. The fourth-order valence-electron chi connectivity index (χ4n) is 4.23. The van der Waals surface area contributed by atoms with Crippen molar-refractivity contribution in [3.05, 3.63) is 59.7 Å². The highest BCUT2D eigenvalue weighted by atomic mass is 32.2. The lowest BCUT2D eigenvalue weighted by Gasteiger charge is -2.33. The highest BCUT2D eigenvalue weighted by Crippen LogP contribution is 2.23. The number of likely N-dealkylation sites (tertiary alicyclic amines) is 1. The van der Waals surface area contributed by atoms with E-state index in [4.69, 9.17) is 21.6 Å². The normalized spacial score (nSPS) is 14.5. The zero-order chi connectivity index (χ0) is 27.5. The Hall–Kier alpha value is -3.41. The van der Waals surface area contributed by atoms with Crippen molar-refractivity contribution >= 4 is 41.3 Å². The summed E-state index contributed by atoms with van der Waals surface area (Å²) in [4.78, 5) is 40.3. The molecule has 11 heteroatoms. The van der Waals surface area contributed by atoms with Gasteiger partial charge in [0.25, 0.3) is 0 Å². The van der Waals surface area contributed by atoms with Gasteiger partial charge < -0.3 is 26.4 Å². The molecule has 1 heterocycles. The van der Waals surface area contributed by atoms with Crippen LogP contribution in [0, 0.1) is 11.3 Å². The molecule has 1 saturated heterocycles. The molecule has 204 valence electrons. The number of amidine groups is 1. The number of anilines is 1.